The Labute approximate surface area is 178 Å². The van der Waals surface area contributed by atoms with Gasteiger partial charge in [-0.05, 0) is 30.8 Å². The molecule has 0 aliphatic rings. The Bertz CT molecular complexity index is 668. The fourth-order valence-electron chi connectivity index (χ4n) is 2.21. The number of para-hydroxylation sites is 1. The Morgan fingerprint density at radius 1 is 1.15 bits per heavy atom. The summed E-state index contributed by atoms with van der Waals surface area (Å²) in [6.45, 7) is 2.08. The van der Waals surface area contributed by atoms with E-state index in [1.807, 2.05) is 0 Å². The van der Waals surface area contributed by atoms with Crippen molar-refractivity contribution >= 4 is 69.7 Å². The highest BCUT2D eigenvalue weighted by Crippen LogP contribution is 2.29. The number of carboxylic acid groups (broad SMARTS) is 1. The van der Waals surface area contributed by atoms with Crippen molar-refractivity contribution in [3.05, 3.63) is 29.8 Å². The third-order valence-electron chi connectivity index (χ3n) is 3.57. The number of carbonyl (C=O) groups is 2. The first-order valence-electron chi connectivity index (χ1n) is 8.41. The molecule has 1 aromatic rings. The summed E-state index contributed by atoms with van der Waals surface area (Å²) in [5.41, 5.74) is 0.309. The maximum absolute atomic E-state index is 12.1. The van der Waals surface area contributed by atoms with Gasteiger partial charge in [0.05, 0.1) is 11.3 Å². The van der Waals surface area contributed by atoms with Gasteiger partial charge in [0.15, 0.2) is 5.11 Å². The molecule has 0 unspecified atom stereocenters. The summed E-state index contributed by atoms with van der Waals surface area (Å²) in [6.07, 6.45) is 3.02. The van der Waals surface area contributed by atoms with Gasteiger partial charge in [-0.1, -0.05) is 73.1 Å². The lowest BCUT2D eigenvalue weighted by atomic mass is 10.1. The van der Waals surface area contributed by atoms with Gasteiger partial charge in [-0.2, -0.15) is 0 Å². The van der Waals surface area contributed by atoms with E-state index < -0.39 is 15.9 Å². The van der Waals surface area contributed by atoms with E-state index in [9.17, 15) is 14.7 Å². The zero-order chi connectivity index (χ0) is 20.4. The van der Waals surface area contributed by atoms with Crippen LogP contribution >= 0.6 is 47.0 Å². The van der Waals surface area contributed by atoms with Gasteiger partial charge in [-0.3, -0.25) is 4.79 Å². The number of unbranched alkanes of at least 4 members (excludes halogenated alkanes) is 3. The molecule has 1 amide bonds. The van der Waals surface area contributed by atoms with E-state index in [0.29, 0.717) is 6.42 Å². The van der Waals surface area contributed by atoms with Crippen LogP contribution in [0.4, 0.5) is 5.69 Å². The second-order valence-electron chi connectivity index (χ2n) is 5.80. The highest BCUT2D eigenvalue weighted by molar-refractivity contribution is 7.80. The molecule has 0 fully saturated rings. The number of anilines is 1. The molecule has 0 spiro atoms. The first-order valence-corrected chi connectivity index (χ1v) is 9.95. The standard InChI is InChI=1S/C17H22Cl3N3O3S/c1-2-3-4-5-10-13(24)22-15(17(18,19)20)23-16(27)21-12-9-7-6-8-11(12)14(25)26/h6-9,15H,2-5,10H2,1H3,(H,22,24)(H,25,26)(H2,21,23,27)/t15-/m1/s1. The van der Waals surface area contributed by atoms with Crippen molar-refractivity contribution < 1.29 is 14.7 Å². The topological polar surface area (TPSA) is 90.5 Å². The first-order chi connectivity index (χ1) is 12.6. The van der Waals surface area contributed by atoms with E-state index in [4.69, 9.17) is 47.0 Å². The lowest BCUT2D eigenvalue weighted by Gasteiger charge is -2.28. The van der Waals surface area contributed by atoms with Crippen molar-refractivity contribution in [1.82, 2.24) is 10.6 Å². The molecule has 10 heteroatoms. The Kier molecular flexibility index (Phi) is 10.2. The molecule has 1 rings (SSSR count). The van der Waals surface area contributed by atoms with Crippen LogP contribution in [0.5, 0.6) is 0 Å². The number of rotatable bonds is 9. The zero-order valence-corrected chi connectivity index (χ0v) is 17.8. The molecule has 0 saturated heterocycles. The van der Waals surface area contributed by atoms with E-state index in [0.717, 1.165) is 25.7 Å². The van der Waals surface area contributed by atoms with Gasteiger partial charge in [-0.15, -0.1) is 0 Å². The number of halogens is 3. The fraction of sp³-hybridized carbons (Fsp3) is 0.471. The highest BCUT2D eigenvalue weighted by Gasteiger charge is 2.34. The maximum atomic E-state index is 12.1. The lowest BCUT2D eigenvalue weighted by molar-refractivity contribution is -0.122. The van der Waals surface area contributed by atoms with E-state index in [1.165, 1.54) is 6.07 Å². The number of amides is 1. The molecule has 0 aliphatic carbocycles. The summed E-state index contributed by atoms with van der Waals surface area (Å²) < 4.78 is -1.86. The molecule has 0 aliphatic heterocycles. The minimum Gasteiger partial charge on any atom is -0.478 e. The highest BCUT2D eigenvalue weighted by atomic mass is 35.6. The number of hydrogen-bond donors (Lipinski definition) is 4. The molecule has 1 aromatic carbocycles. The van der Waals surface area contributed by atoms with Crippen LogP contribution in [0, 0.1) is 0 Å². The molecule has 0 saturated carbocycles. The average Bonchev–Trinajstić information content (AvgIpc) is 2.57. The first kappa shape index (κ1) is 23.8. The summed E-state index contributed by atoms with van der Waals surface area (Å²) in [5, 5.41) is 17.3. The van der Waals surface area contributed by atoms with E-state index in [2.05, 4.69) is 22.9 Å². The molecule has 0 aromatic heterocycles. The van der Waals surface area contributed by atoms with Gasteiger partial charge < -0.3 is 21.1 Å². The smallest absolute Gasteiger partial charge is 0.337 e. The third-order valence-corrected chi connectivity index (χ3v) is 4.45. The Balaban J connectivity index is 2.70. The zero-order valence-electron chi connectivity index (χ0n) is 14.7. The van der Waals surface area contributed by atoms with Crippen LogP contribution in [-0.4, -0.2) is 32.1 Å². The van der Waals surface area contributed by atoms with Crippen LogP contribution in [0.3, 0.4) is 0 Å². The summed E-state index contributed by atoms with van der Waals surface area (Å²) in [4.78, 5) is 23.3. The van der Waals surface area contributed by atoms with Crippen molar-refractivity contribution in [2.75, 3.05) is 5.32 Å². The van der Waals surface area contributed by atoms with Gasteiger partial charge >= 0.3 is 5.97 Å². The number of hydrogen-bond acceptors (Lipinski definition) is 3. The van der Waals surface area contributed by atoms with Gasteiger partial charge in [0.2, 0.25) is 9.70 Å². The van der Waals surface area contributed by atoms with Gasteiger partial charge in [-0.25, -0.2) is 4.79 Å². The number of alkyl halides is 3. The van der Waals surface area contributed by atoms with Crippen LogP contribution in [0.2, 0.25) is 0 Å². The number of aromatic carboxylic acids is 1. The molecule has 0 radical (unpaired) electrons. The predicted molar refractivity (Wildman–Crippen MR) is 114 cm³/mol. The lowest BCUT2D eigenvalue weighted by Crippen LogP contribution is -2.56. The number of nitrogens with one attached hydrogen (secondary N) is 3. The van der Waals surface area contributed by atoms with Crippen LogP contribution in [0.25, 0.3) is 0 Å². The second kappa shape index (κ2) is 11.5. The van der Waals surface area contributed by atoms with Gasteiger partial charge in [0, 0.05) is 6.42 Å². The van der Waals surface area contributed by atoms with Crippen molar-refractivity contribution in [1.29, 1.82) is 0 Å². The summed E-state index contributed by atoms with van der Waals surface area (Å²) in [7, 11) is 0. The van der Waals surface area contributed by atoms with Crippen molar-refractivity contribution in [2.45, 2.75) is 49.0 Å². The molecule has 1 atom stereocenters. The average molecular weight is 455 g/mol. The second-order valence-corrected chi connectivity index (χ2v) is 8.58. The fourth-order valence-corrected chi connectivity index (χ4v) is 2.77. The van der Waals surface area contributed by atoms with Gasteiger partial charge in [0.1, 0.15) is 6.17 Å². The third kappa shape index (κ3) is 8.97. The number of carboxylic acids is 1. The molecular formula is C17H22Cl3N3O3S. The minimum atomic E-state index is -1.86. The van der Waals surface area contributed by atoms with Crippen molar-refractivity contribution in [3.63, 3.8) is 0 Å². The maximum Gasteiger partial charge on any atom is 0.337 e. The monoisotopic (exact) mass is 453 g/mol. The number of carbonyl (C=O) groups excluding carboxylic acids is 1. The molecule has 0 bridgehead atoms. The van der Waals surface area contributed by atoms with E-state index in [1.54, 1.807) is 18.2 Å². The Morgan fingerprint density at radius 3 is 2.41 bits per heavy atom. The molecule has 6 nitrogen and oxygen atoms in total. The number of benzene rings is 1. The summed E-state index contributed by atoms with van der Waals surface area (Å²) in [6, 6.07) is 6.22. The van der Waals surface area contributed by atoms with Crippen molar-refractivity contribution in [3.8, 4) is 0 Å². The molecule has 4 N–H and O–H groups in total. The van der Waals surface area contributed by atoms with Gasteiger partial charge in [0.25, 0.3) is 0 Å². The largest absolute Gasteiger partial charge is 0.478 e. The quantitative estimate of drug-likeness (QED) is 0.191. The van der Waals surface area contributed by atoms with Crippen LogP contribution in [-0.2, 0) is 4.79 Å². The molecule has 0 heterocycles. The molecular weight excluding hydrogens is 433 g/mol. The van der Waals surface area contributed by atoms with Crippen molar-refractivity contribution in [2.24, 2.45) is 0 Å². The van der Waals surface area contributed by atoms with Crippen LogP contribution < -0.4 is 16.0 Å². The molecule has 27 heavy (non-hydrogen) atoms. The minimum absolute atomic E-state index is 0.00584. The number of thiocarbonyl (C=S) groups is 1. The summed E-state index contributed by atoms with van der Waals surface area (Å²) >= 11 is 22.9. The predicted octanol–water partition coefficient (Wildman–Crippen LogP) is 4.45. The van der Waals surface area contributed by atoms with Crippen LogP contribution in [0.1, 0.15) is 49.4 Å². The Morgan fingerprint density at radius 2 is 1.81 bits per heavy atom. The summed E-state index contributed by atoms with van der Waals surface area (Å²) in [5.74, 6) is -1.39. The normalized spacial score (nSPS) is 12.1. The van der Waals surface area contributed by atoms with E-state index in [-0.39, 0.29) is 22.3 Å². The Hall–Kier alpha value is -1.28. The molecule has 150 valence electrons. The SMILES string of the molecule is CCCCCCC(=O)N[C@H](NC(=S)Nc1ccccc1C(=O)O)C(Cl)(Cl)Cl. The van der Waals surface area contributed by atoms with Crippen LogP contribution in [0.15, 0.2) is 24.3 Å². The van der Waals surface area contributed by atoms with E-state index >= 15 is 0 Å².